The van der Waals surface area contributed by atoms with E-state index in [-0.39, 0.29) is 6.54 Å². The molecule has 0 unspecified atom stereocenters. The summed E-state index contributed by atoms with van der Waals surface area (Å²) in [7, 11) is 0. The van der Waals surface area contributed by atoms with E-state index in [1.54, 1.807) is 0 Å². The van der Waals surface area contributed by atoms with Crippen LogP contribution in [0.2, 0.25) is 0 Å². The zero-order valence-electron chi connectivity index (χ0n) is 8.03. The molecule has 10 heteroatoms. The first kappa shape index (κ1) is 12.5. The normalized spacial score (nSPS) is 38.3. The van der Waals surface area contributed by atoms with E-state index in [9.17, 15) is 15.3 Å². The van der Waals surface area contributed by atoms with Crippen molar-refractivity contribution in [2.45, 2.75) is 30.6 Å². The predicted molar refractivity (Wildman–Crippen MR) is 49.8 cm³/mol. The molecule has 0 aliphatic carbocycles. The summed E-state index contributed by atoms with van der Waals surface area (Å²) < 4.78 is 4.80. The molecule has 0 amide bonds. The second-order valence-electron chi connectivity index (χ2n) is 3.16. The topological polar surface area (TPSA) is 167 Å². The quantitative estimate of drug-likeness (QED) is 0.335. The summed E-state index contributed by atoms with van der Waals surface area (Å²) in [5, 5.41) is 34.6. The van der Waals surface area contributed by atoms with Crippen LogP contribution in [0.1, 0.15) is 0 Å². The number of azide groups is 2. The molecule has 0 saturated carbocycles. The summed E-state index contributed by atoms with van der Waals surface area (Å²) in [6.07, 6.45) is -5.49. The van der Waals surface area contributed by atoms with Crippen molar-refractivity contribution in [1.29, 1.82) is 0 Å². The summed E-state index contributed by atoms with van der Waals surface area (Å²) >= 11 is 0. The summed E-state index contributed by atoms with van der Waals surface area (Å²) in [5.74, 6) is 0. The fraction of sp³-hybridized carbons (Fsp3) is 1.00. The molecule has 1 fully saturated rings. The second kappa shape index (κ2) is 5.52. The molecule has 1 aliphatic rings. The van der Waals surface area contributed by atoms with Crippen LogP contribution in [-0.4, -0.2) is 52.5 Å². The molecule has 1 saturated heterocycles. The highest BCUT2D eigenvalue weighted by Crippen LogP contribution is 2.22. The van der Waals surface area contributed by atoms with Gasteiger partial charge in [0.15, 0.2) is 6.29 Å². The van der Waals surface area contributed by atoms with Gasteiger partial charge in [-0.25, -0.2) is 0 Å². The minimum absolute atomic E-state index is 0.237. The molecule has 3 N–H and O–H groups in total. The van der Waals surface area contributed by atoms with Crippen LogP contribution in [-0.2, 0) is 4.74 Å². The zero-order chi connectivity index (χ0) is 12.1. The van der Waals surface area contributed by atoms with Gasteiger partial charge in [0, 0.05) is 9.82 Å². The van der Waals surface area contributed by atoms with Crippen LogP contribution in [0.25, 0.3) is 20.9 Å². The van der Waals surface area contributed by atoms with Crippen molar-refractivity contribution in [2.75, 3.05) is 6.54 Å². The summed E-state index contributed by atoms with van der Waals surface area (Å²) in [6, 6.07) is -1.24. The van der Waals surface area contributed by atoms with Crippen molar-refractivity contribution in [3.8, 4) is 0 Å². The van der Waals surface area contributed by atoms with Crippen molar-refractivity contribution in [3.63, 3.8) is 0 Å². The highest BCUT2D eigenvalue weighted by Gasteiger charge is 2.43. The summed E-state index contributed by atoms with van der Waals surface area (Å²) in [5.41, 5.74) is 16.3. The van der Waals surface area contributed by atoms with E-state index in [0.717, 1.165) is 0 Å². The Morgan fingerprint density at radius 3 is 2.38 bits per heavy atom. The maximum absolute atomic E-state index is 9.63. The van der Waals surface area contributed by atoms with Gasteiger partial charge < -0.3 is 20.1 Å². The van der Waals surface area contributed by atoms with E-state index < -0.39 is 30.6 Å². The molecular formula is C6H10N6O4. The average Bonchev–Trinajstić information content (AvgIpc) is 2.27. The van der Waals surface area contributed by atoms with Gasteiger partial charge in [0.05, 0.1) is 24.8 Å². The van der Waals surface area contributed by atoms with E-state index in [1.807, 2.05) is 0 Å². The van der Waals surface area contributed by atoms with Gasteiger partial charge in [-0.2, -0.15) is 0 Å². The van der Waals surface area contributed by atoms with Gasteiger partial charge in [0.25, 0.3) is 0 Å². The number of rotatable bonds is 3. The second-order valence-corrected chi connectivity index (χ2v) is 3.16. The first-order chi connectivity index (χ1) is 7.61. The average molecular weight is 230 g/mol. The lowest BCUT2D eigenvalue weighted by Crippen LogP contribution is -2.57. The lowest BCUT2D eigenvalue weighted by Gasteiger charge is -2.38. The van der Waals surface area contributed by atoms with E-state index in [4.69, 9.17) is 15.8 Å². The molecule has 1 rings (SSSR count). The Kier molecular flexibility index (Phi) is 4.32. The smallest absolute Gasteiger partial charge is 0.181 e. The number of nitrogens with zero attached hydrogens (tertiary/aromatic N) is 6. The molecule has 88 valence electrons. The molecule has 10 nitrogen and oxygen atoms in total. The van der Waals surface area contributed by atoms with Crippen molar-refractivity contribution in [3.05, 3.63) is 20.9 Å². The molecule has 0 spiro atoms. The lowest BCUT2D eigenvalue weighted by molar-refractivity contribution is -0.249. The molecular weight excluding hydrogens is 220 g/mol. The Bertz CT molecular complexity index is 338. The fourth-order valence-corrected chi connectivity index (χ4v) is 1.39. The van der Waals surface area contributed by atoms with Crippen LogP contribution < -0.4 is 0 Å². The number of hydrogen-bond donors (Lipinski definition) is 3. The third-order valence-corrected chi connectivity index (χ3v) is 2.20. The van der Waals surface area contributed by atoms with E-state index in [2.05, 4.69) is 20.1 Å². The van der Waals surface area contributed by atoms with Crippen molar-refractivity contribution in [1.82, 2.24) is 0 Å². The van der Waals surface area contributed by atoms with E-state index in [1.165, 1.54) is 0 Å². The molecule has 0 aromatic heterocycles. The largest absolute Gasteiger partial charge is 0.390 e. The fourth-order valence-electron chi connectivity index (χ4n) is 1.39. The lowest BCUT2D eigenvalue weighted by atomic mass is 9.97. The number of aliphatic hydroxyl groups is 3. The number of ether oxygens (including phenoxy) is 1. The monoisotopic (exact) mass is 230 g/mol. The third kappa shape index (κ3) is 2.52. The van der Waals surface area contributed by atoms with Crippen LogP contribution >= 0.6 is 0 Å². The Labute approximate surface area is 89.3 Å². The highest BCUT2D eigenvalue weighted by molar-refractivity contribution is 4.94. The first-order valence-corrected chi connectivity index (χ1v) is 4.36. The standard InChI is InChI=1S/C6H10N6O4/c7-11-9-1-2-4(13)3(10-12-8)5(14)6(15)16-2/h2-6,13-15H,1H2/t2-,3+,4-,5-,6-/m1/s1. The minimum atomic E-state index is -1.60. The Balaban J connectivity index is 2.83. The van der Waals surface area contributed by atoms with Gasteiger partial charge >= 0.3 is 0 Å². The maximum atomic E-state index is 9.63. The van der Waals surface area contributed by atoms with E-state index in [0.29, 0.717) is 0 Å². The van der Waals surface area contributed by atoms with Crippen LogP contribution in [0.15, 0.2) is 10.2 Å². The van der Waals surface area contributed by atoms with Crippen LogP contribution in [0.3, 0.4) is 0 Å². The predicted octanol–water partition coefficient (Wildman–Crippen LogP) is -0.585. The first-order valence-electron chi connectivity index (χ1n) is 4.36. The third-order valence-electron chi connectivity index (χ3n) is 2.20. The Morgan fingerprint density at radius 1 is 1.12 bits per heavy atom. The van der Waals surface area contributed by atoms with Crippen LogP contribution in [0.4, 0.5) is 0 Å². The molecule has 0 aromatic rings. The van der Waals surface area contributed by atoms with Crippen molar-refractivity contribution in [2.24, 2.45) is 10.2 Å². The van der Waals surface area contributed by atoms with Gasteiger partial charge in [-0.1, -0.05) is 10.2 Å². The minimum Gasteiger partial charge on any atom is -0.390 e. The summed E-state index contributed by atoms with van der Waals surface area (Å²) in [4.78, 5) is 4.91. The highest BCUT2D eigenvalue weighted by atomic mass is 16.6. The SMILES string of the molecule is [N-]=[N+]=NC[C@H]1O[C@@H](O)[C@H](O)[C@@H](N=[N+]=[N-])[C@@H]1O. The Hall–Kier alpha value is -1.54. The molecule has 1 heterocycles. The molecule has 0 bridgehead atoms. The van der Waals surface area contributed by atoms with Gasteiger partial charge in [-0.05, 0) is 11.1 Å². The molecule has 0 aromatic carbocycles. The molecule has 0 radical (unpaired) electrons. The molecule has 16 heavy (non-hydrogen) atoms. The van der Waals surface area contributed by atoms with Gasteiger partial charge in [-0.15, -0.1) is 0 Å². The molecule has 5 atom stereocenters. The number of hydrogen-bond acceptors (Lipinski definition) is 6. The van der Waals surface area contributed by atoms with E-state index >= 15 is 0 Å². The van der Waals surface area contributed by atoms with Crippen molar-refractivity contribution >= 4 is 0 Å². The molecule has 1 aliphatic heterocycles. The van der Waals surface area contributed by atoms with Gasteiger partial charge in [-0.3, -0.25) is 0 Å². The Morgan fingerprint density at radius 2 is 1.81 bits per heavy atom. The van der Waals surface area contributed by atoms with Crippen molar-refractivity contribution < 1.29 is 20.1 Å². The summed E-state index contributed by atoms with van der Waals surface area (Å²) in [6.45, 7) is -0.237. The van der Waals surface area contributed by atoms with Gasteiger partial charge in [0.2, 0.25) is 0 Å². The zero-order valence-corrected chi connectivity index (χ0v) is 8.03. The number of aliphatic hydroxyl groups excluding tert-OH is 3. The van der Waals surface area contributed by atoms with Gasteiger partial charge in [0.1, 0.15) is 6.10 Å². The van der Waals surface area contributed by atoms with Crippen LogP contribution in [0, 0.1) is 0 Å². The van der Waals surface area contributed by atoms with Crippen LogP contribution in [0.5, 0.6) is 0 Å². The maximum Gasteiger partial charge on any atom is 0.181 e.